The lowest BCUT2D eigenvalue weighted by molar-refractivity contribution is -0.121. The maximum absolute atomic E-state index is 11.6. The van der Waals surface area contributed by atoms with Gasteiger partial charge in [-0.1, -0.05) is 6.07 Å². The van der Waals surface area contributed by atoms with E-state index in [1.807, 2.05) is 32.0 Å². The molecule has 0 atom stereocenters. The average molecular weight is 273 g/mol. The van der Waals surface area contributed by atoms with Gasteiger partial charge in [0.1, 0.15) is 11.5 Å². The van der Waals surface area contributed by atoms with Crippen LogP contribution in [0.25, 0.3) is 0 Å². The number of ether oxygens (including phenoxy) is 1. The number of furan rings is 1. The number of benzene rings is 1. The van der Waals surface area contributed by atoms with E-state index in [9.17, 15) is 4.79 Å². The van der Waals surface area contributed by atoms with Gasteiger partial charge < -0.3 is 14.5 Å². The predicted molar refractivity (Wildman–Crippen MR) is 76.6 cm³/mol. The summed E-state index contributed by atoms with van der Waals surface area (Å²) >= 11 is 0. The monoisotopic (exact) mass is 273 g/mol. The van der Waals surface area contributed by atoms with Crippen molar-refractivity contribution in [2.24, 2.45) is 0 Å². The van der Waals surface area contributed by atoms with Crippen LogP contribution in [-0.4, -0.2) is 12.5 Å². The van der Waals surface area contributed by atoms with Crippen LogP contribution in [0.4, 0.5) is 0 Å². The third-order valence-corrected chi connectivity index (χ3v) is 2.83. The quantitative estimate of drug-likeness (QED) is 0.880. The van der Waals surface area contributed by atoms with Crippen LogP contribution in [0.15, 0.2) is 41.0 Å². The summed E-state index contributed by atoms with van der Waals surface area (Å²) in [5, 5.41) is 2.78. The molecule has 1 amide bonds. The van der Waals surface area contributed by atoms with Gasteiger partial charge in [0.25, 0.3) is 0 Å². The molecular formula is C16H19NO3. The van der Waals surface area contributed by atoms with Gasteiger partial charge >= 0.3 is 0 Å². The van der Waals surface area contributed by atoms with E-state index in [1.54, 1.807) is 12.3 Å². The Morgan fingerprint density at radius 2 is 2.00 bits per heavy atom. The molecule has 106 valence electrons. The van der Waals surface area contributed by atoms with Crippen LogP contribution in [0, 0.1) is 13.8 Å². The van der Waals surface area contributed by atoms with Crippen LogP contribution in [0.3, 0.4) is 0 Å². The molecule has 1 heterocycles. The highest BCUT2D eigenvalue weighted by Gasteiger charge is 2.04. The smallest absolute Gasteiger partial charge is 0.223 e. The van der Waals surface area contributed by atoms with E-state index in [-0.39, 0.29) is 5.91 Å². The first kappa shape index (κ1) is 14.2. The van der Waals surface area contributed by atoms with Gasteiger partial charge in [-0.25, -0.2) is 0 Å². The summed E-state index contributed by atoms with van der Waals surface area (Å²) in [6, 6.07) is 9.64. The first-order valence-electron chi connectivity index (χ1n) is 6.63. The van der Waals surface area contributed by atoms with Gasteiger partial charge in [-0.3, -0.25) is 4.79 Å². The first-order valence-corrected chi connectivity index (χ1v) is 6.63. The highest BCUT2D eigenvalue weighted by molar-refractivity contribution is 5.75. The third kappa shape index (κ3) is 4.46. The molecule has 4 nitrogen and oxygen atoms in total. The van der Waals surface area contributed by atoms with Gasteiger partial charge in [-0.05, 0) is 49.2 Å². The molecule has 0 aliphatic carbocycles. The fourth-order valence-electron chi connectivity index (χ4n) is 1.97. The van der Waals surface area contributed by atoms with Crippen molar-refractivity contribution in [3.63, 3.8) is 0 Å². The molecule has 0 bridgehead atoms. The Kier molecular flexibility index (Phi) is 4.82. The minimum absolute atomic E-state index is 0.0502. The molecular weight excluding hydrogens is 254 g/mol. The largest absolute Gasteiger partial charge is 0.493 e. The number of hydrogen-bond acceptors (Lipinski definition) is 3. The van der Waals surface area contributed by atoms with Gasteiger partial charge in [0.15, 0.2) is 0 Å². The SMILES string of the molecule is Cc1cc(C)cc(OCCC(=O)NCc2ccco2)c1. The van der Waals surface area contributed by atoms with Crippen molar-refractivity contribution < 1.29 is 13.9 Å². The zero-order chi connectivity index (χ0) is 14.4. The van der Waals surface area contributed by atoms with Gasteiger partial charge in [0, 0.05) is 0 Å². The second-order valence-corrected chi connectivity index (χ2v) is 4.78. The minimum atomic E-state index is -0.0502. The molecule has 0 aliphatic rings. The highest BCUT2D eigenvalue weighted by Crippen LogP contribution is 2.16. The molecule has 1 N–H and O–H groups in total. The van der Waals surface area contributed by atoms with E-state index in [1.165, 1.54) is 0 Å². The Hall–Kier alpha value is -2.23. The minimum Gasteiger partial charge on any atom is -0.493 e. The number of amides is 1. The second kappa shape index (κ2) is 6.80. The summed E-state index contributed by atoms with van der Waals surface area (Å²) in [5.41, 5.74) is 2.31. The summed E-state index contributed by atoms with van der Waals surface area (Å²) in [4.78, 5) is 11.6. The van der Waals surface area contributed by atoms with Crippen molar-refractivity contribution in [2.75, 3.05) is 6.61 Å². The number of hydrogen-bond donors (Lipinski definition) is 1. The molecule has 0 spiro atoms. The lowest BCUT2D eigenvalue weighted by Gasteiger charge is -2.08. The van der Waals surface area contributed by atoms with E-state index in [0.717, 1.165) is 22.6 Å². The third-order valence-electron chi connectivity index (χ3n) is 2.83. The van der Waals surface area contributed by atoms with Crippen LogP contribution >= 0.6 is 0 Å². The second-order valence-electron chi connectivity index (χ2n) is 4.78. The van der Waals surface area contributed by atoms with Crippen LogP contribution in [-0.2, 0) is 11.3 Å². The summed E-state index contributed by atoms with van der Waals surface area (Å²) in [5.74, 6) is 1.50. The first-order chi connectivity index (χ1) is 9.63. The highest BCUT2D eigenvalue weighted by atomic mass is 16.5. The van der Waals surface area contributed by atoms with E-state index in [4.69, 9.17) is 9.15 Å². The van der Waals surface area contributed by atoms with Crippen molar-refractivity contribution in [1.82, 2.24) is 5.32 Å². The van der Waals surface area contributed by atoms with E-state index >= 15 is 0 Å². The Morgan fingerprint density at radius 1 is 1.25 bits per heavy atom. The van der Waals surface area contributed by atoms with Gasteiger partial charge in [0.2, 0.25) is 5.91 Å². The normalized spacial score (nSPS) is 10.3. The summed E-state index contributed by atoms with van der Waals surface area (Å²) in [6.45, 7) is 4.83. The van der Waals surface area contributed by atoms with Gasteiger partial charge in [-0.15, -0.1) is 0 Å². The van der Waals surface area contributed by atoms with Crippen molar-refractivity contribution in [3.05, 3.63) is 53.5 Å². The number of nitrogens with one attached hydrogen (secondary N) is 1. The Morgan fingerprint density at radius 3 is 2.65 bits per heavy atom. The molecule has 0 radical (unpaired) electrons. The van der Waals surface area contributed by atoms with Crippen LogP contribution in [0.5, 0.6) is 5.75 Å². The van der Waals surface area contributed by atoms with Crippen LogP contribution in [0.2, 0.25) is 0 Å². The van der Waals surface area contributed by atoms with Gasteiger partial charge in [-0.2, -0.15) is 0 Å². The molecule has 2 rings (SSSR count). The van der Waals surface area contributed by atoms with Crippen molar-refractivity contribution in [1.29, 1.82) is 0 Å². The zero-order valence-electron chi connectivity index (χ0n) is 11.8. The number of aryl methyl sites for hydroxylation is 2. The topological polar surface area (TPSA) is 51.5 Å². The molecule has 20 heavy (non-hydrogen) atoms. The lowest BCUT2D eigenvalue weighted by Crippen LogP contribution is -2.24. The molecule has 0 fully saturated rings. The molecule has 1 aromatic carbocycles. The summed E-state index contributed by atoms with van der Waals surface area (Å²) in [6.07, 6.45) is 1.92. The lowest BCUT2D eigenvalue weighted by atomic mass is 10.1. The number of carbonyl (C=O) groups excluding carboxylic acids is 1. The van der Waals surface area contributed by atoms with E-state index in [0.29, 0.717) is 19.6 Å². The number of rotatable bonds is 6. The van der Waals surface area contributed by atoms with Gasteiger partial charge in [0.05, 0.1) is 25.8 Å². The number of carbonyl (C=O) groups is 1. The molecule has 1 aromatic heterocycles. The standard InChI is InChI=1S/C16H19NO3/c1-12-8-13(2)10-15(9-12)20-7-5-16(18)17-11-14-4-3-6-19-14/h3-4,6,8-10H,5,7,11H2,1-2H3,(H,17,18). The van der Waals surface area contributed by atoms with E-state index in [2.05, 4.69) is 11.4 Å². The maximum atomic E-state index is 11.6. The average Bonchev–Trinajstić information content (AvgIpc) is 2.88. The fourth-order valence-corrected chi connectivity index (χ4v) is 1.97. The van der Waals surface area contributed by atoms with Crippen molar-refractivity contribution in [2.45, 2.75) is 26.8 Å². The molecule has 0 saturated heterocycles. The van der Waals surface area contributed by atoms with Crippen molar-refractivity contribution in [3.8, 4) is 5.75 Å². The fraction of sp³-hybridized carbons (Fsp3) is 0.312. The van der Waals surface area contributed by atoms with Crippen LogP contribution in [0.1, 0.15) is 23.3 Å². The maximum Gasteiger partial charge on any atom is 0.223 e. The molecule has 0 aliphatic heterocycles. The summed E-state index contributed by atoms with van der Waals surface area (Å²) < 4.78 is 10.7. The molecule has 2 aromatic rings. The Bertz CT molecular complexity index is 541. The van der Waals surface area contributed by atoms with Crippen LogP contribution < -0.4 is 10.1 Å². The zero-order valence-corrected chi connectivity index (χ0v) is 11.8. The molecule has 0 saturated carbocycles. The Balaban J connectivity index is 1.71. The predicted octanol–water partition coefficient (Wildman–Crippen LogP) is 2.98. The molecule has 4 heteroatoms. The Labute approximate surface area is 118 Å². The summed E-state index contributed by atoms with van der Waals surface area (Å²) in [7, 11) is 0. The van der Waals surface area contributed by atoms with E-state index < -0.39 is 0 Å². The van der Waals surface area contributed by atoms with Crippen molar-refractivity contribution >= 4 is 5.91 Å². The molecule has 0 unspecified atom stereocenters.